The molecule has 0 radical (unpaired) electrons. The van der Waals surface area contributed by atoms with Crippen molar-refractivity contribution >= 4 is 23.3 Å². The second kappa shape index (κ2) is 6.44. The van der Waals surface area contributed by atoms with Crippen molar-refractivity contribution in [3.63, 3.8) is 0 Å². The molecule has 3 rings (SSSR count). The molecule has 0 aliphatic rings. The first kappa shape index (κ1) is 14.3. The highest BCUT2D eigenvalue weighted by Gasteiger charge is 2.09. The van der Waals surface area contributed by atoms with E-state index in [9.17, 15) is 4.79 Å². The summed E-state index contributed by atoms with van der Waals surface area (Å²) in [6, 6.07) is 8.83. The topological polar surface area (TPSA) is 73.0 Å². The fourth-order valence-electron chi connectivity index (χ4n) is 2.00. The number of hydrogen-bond donors (Lipinski definition) is 1. The summed E-state index contributed by atoms with van der Waals surface area (Å²) >= 11 is 5.72. The lowest BCUT2D eigenvalue weighted by Crippen LogP contribution is -2.18. The SMILES string of the molecule is O=C(Cc1ccc(Cl)nc1)Nc1ccnn1Cc1ccco1. The molecule has 0 unspecified atom stereocenters. The maximum Gasteiger partial charge on any atom is 0.229 e. The molecule has 3 heterocycles. The van der Waals surface area contributed by atoms with Crippen LogP contribution in [0.15, 0.2) is 53.4 Å². The van der Waals surface area contributed by atoms with Crippen molar-refractivity contribution in [1.29, 1.82) is 0 Å². The van der Waals surface area contributed by atoms with Crippen molar-refractivity contribution in [2.24, 2.45) is 0 Å². The number of hydrogen-bond acceptors (Lipinski definition) is 4. The molecule has 0 atom stereocenters. The van der Waals surface area contributed by atoms with E-state index in [0.717, 1.165) is 11.3 Å². The molecule has 0 aliphatic heterocycles. The van der Waals surface area contributed by atoms with E-state index in [-0.39, 0.29) is 12.3 Å². The van der Waals surface area contributed by atoms with Crippen LogP contribution >= 0.6 is 11.6 Å². The van der Waals surface area contributed by atoms with Crippen molar-refractivity contribution in [2.75, 3.05) is 5.32 Å². The van der Waals surface area contributed by atoms with Crippen molar-refractivity contribution in [2.45, 2.75) is 13.0 Å². The third-order valence-corrected chi connectivity index (χ3v) is 3.25. The quantitative estimate of drug-likeness (QED) is 0.735. The number of nitrogens with one attached hydrogen (secondary N) is 1. The maximum absolute atomic E-state index is 12.1. The van der Waals surface area contributed by atoms with Gasteiger partial charge in [0.05, 0.1) is 18.9 Å². The molecule has 1 amide bonds. The third-order valence-electron chi connectivity index (χ3n) is 3.02. The lowest BCUT2D eigenvalue weighted by molar-refractivity contribution is -0.115. The van der Waals surface area contributed by atoms with Crippen LogP contribution in [-0.4, -0.2) is 20.7 Å². The van der Waals surface area contributed by atoms with E-state index in [1.165, 1.54) is 0 Å². The van der Waals surface area contributed by atoms with Gasteiger partial charge >= 0.3 is 0 Å². The second-order valence-electron chi connectivity index (χ2n) is 4.67. The highest BCUT2D eigenvalue weighted by molar-refractivity contribution is 6.29. The summed E-state index contributed by atoms with van der Waals surface area (Å²) in [4.78, 5) is 16.0. The van der Waals surface area contributed by atoms with Gasteiger partial charge in [-0.05, 0) is 23.8 Å². The summed E-state index contributed by atoms with van der Waals surface area (Å²) < 4.78 is 6.94. The first-order valence-electron chi connectivity index (χ1n) is 6.65. The van der Waals surface area contributed by atoms with Gasteiger partial charge in [0.1, 0.15) is 23.3 Å². The van der Waals surface area contributed by atoms with Gasteiger partial charge < -0.3 is 9.73 Å². The third kappa shape index (κ3) is 3.53. The lowest BCUT2D eigenvalue weighted by atomic mass is 10.2. The molecule has 0 aromatic carbocycles. The van der Waals surface area contributed by atoms with Gasteiger partial charge in [-0.25, -0.2) is 9.67 Å². The molecule has 6 nitrogen and oxygen atoms in total. The predicted octanol–water partition coefficient (Wildman–Crippen LogP) is 2.75. The van der Waals surface area contributed by atoms with E-state index in [1.807, 2.05) is 12.1 Å². The summed E-state index contributed by atoms with van der Waals surface area (Å²) in [5.41, 5.74) is 0.791. The van der Waals surface area contributed by atoms with Crippen LogP contribution in [-0.2, 0) is 17.8 Å². The van der Waals surface area contributed by atoms with Crippen molar-refractivity contribution in [3.8, 4) is 0 Å². The average molecular weight is 317 g/mol. The second-order valence-corrected chi connectivity index (χ2v) is 5.05. The number of amides is 1. The first-order chi connectivity index (χ1) is 10.7. The number of carbonyl (C=O) groups is 1. The Labute approximate surface area is 131 Å². The number of anilines is 1. The first-order valence-corrected chi connectivity index (χ1v) is 7.03. The van der Waals surface area contributed by atoms with Gasteiger partial charge in [-0.15, -0.1) is 0 Å². The number of pyridine rings is 1. The number of nitrogens with zero attached hydrogens (tertiary/aromatic N) is 3. The number of halogens is 1. The molecule has 0 saturated heterocycles. The van der Waals surface area contributed by atoms with E-state index in [0.29, 0.717) is 17.5 Å². The smallest absolute Gasteiger partial charge is 0.229 e. The van der Waals surface area contributed by atoms with Crippen LogP contribution in [0.5, 0.6) is 0 Å². The molecule has 112 valence electrons. The highest BCUT2D eigenvalue weighted by Crippen LogP contribution is 2.12. The Morgan fingerprint density at radius 2 is 2.23 bits per heavy atom. The largest absolute Gasteiger partial charge is 0.467 e. The Balaban J connectivity index is 1.64. The molecule has 22 heavy (non-hydrogen) atoms. The van der Waals surface area contributed by atoms with E-state index < -0.39 is 0 Å². The van der Waals surface area contributed by atoms with Gasteiger partial charge in [-0.1, -0.05) is 17.7 Å². The summed E-state index contributed by atoms with van der Waals surface area (Å²) in [5.74, 6) is 1.23. The number of furan rings is 1. The Kier molecular flexibility index (Phi) is 4.20. The normalized spacial score (nSPS) is 10.6. The zero-order valence-corrected chi connectivity index (χ0v) is 12.3. The van der Waals surface area contributed by atoms with Crippen molar-refractivity contribution in [1.82, 2.24) is 14.8 Å². The van der Waals surface area contributed by atoms with Crippen LogP contribution in [0.2, 0.25) is 5.15 Å². The summed E-state index contributed by atoms with van der Waals surface area (Å²) in [7, 11) is 0. The molecule has 0 fully saturated rings. The Hall–Kier alpha value is -2.60. The fraction of sp³-hybridized carbons (Fsp3) is 0.133. The molecule has 3 aromatic rings. The van der Waals surface area contributed by atoms with Gasteiger partial charge in [-0.3, -0.25) is 4.79 Å². The van der Waals surface area contributed by atoms with E-state index in [4.69, 9.17) is 16.0 Å². The number of carbonyl (C=O) groups excluding carboxylic acids is 1. The molecule has 0 spiro atoms. The van der Waals surface area contributed by atoms with Crippen LogP contribution < -0.4 is 5.32 Å². The van der Waals surface area contributed by atoms with Gasteiger partial charge in [0, 0.05) is 12.3 Å². The predicted molar refractivity (Wildman–Crippen MR) is 81.6 cm³/mol. The van der Waals surface area contributed by atoms with Crippen molar-refractivity contribution in [3.05, 3.63) is 65.5 Å². The standard InChI is InChI=1S/C15H13ClN4O2/c16-13-4-3-11(9-17-13)8-15(21)19-14-5-6-18-20(14)10-12-2-1-7-22-12/h1-7,9H,8,10H2,(H,19,21). The molecule has 7 heteroatoms. The highest BCUT2D eigenvalue weighted by atomic mass is 35.5. The monoisotopic (exact) mass is 316 g/mol. The van der Waals surface area contributed by atoms with Gasteiger partial charge in [0.15, 0.2) is 0 Å². The maximum atomic E-state index is 12.1. The molecule has 0 bridgehead atoms. The summed E-state index contributed by atoms with van der Waals surface area (Å²) in [5, 5.41) is 7.40. The van der Waals surface area contributed by atoms with Crippen LogP contribution in [0.3, 0.4) is 0 Å². The zero-order valence-electron chi connectivity index (χ0n) is 11.6. The van der Waals surface area contributed by atoms with Crippen LogP contribution in [0.25, 0.3) is 0 Å². The Morgan fingerprint density at radius 3 is 2.95 bits per heavy atom. The van der Waals surface area contributed by atoms with E-state index >= 15 is 0 Å². The van der Waals surface area contributed by atoms with Gasteiger partial charge in [-0.2, -0.15) is 5.10 Å². The average Bonchev–Trinajstić information content (AvgIpc) is 3.15. The Bertz CT molecular complexity index is 750. The molecular weight excluding hydrogens is 304 g/mol. The lowest BCUT2D eigenvalue weighted by Gasteiger charge is -2.08. The van der Waals surface area contributed by atoms with Crippen LogP contribution in [0, 0.1) is 0 Å². The summed E-state index contributed by atoms with van der Waals surface area (Å²) in [6.07, 6.45) is 5.03. The minimum absolute atomic E-state index is 0.148. The van der Waals surface area contributed by atoms with Crippen molar-refractivity contribution < 1.29 is 9.21 Å². The Morgan fingerprint density at radius 1 is 1.32 bits per heavy atom. The molecule has 0 saturated carbocycles. The summed E-state index contributed by atoms with van der Waals surface area (Å²) in [6.45, 7) is 0.456. The van der Waals surface area contributed by atoms with Crippen LogP contribution in [0.1, 0.15) is 11.3 Å². The number of rotatable bonds is 5. The molecule has 0 aliphatic carbocycles. The zero-order chi connectivity index (χ0) is 15.4. The molecule has 3 aromatic heterocycles. The minimum Gasteiger partial charge on any atom is -0.467 e. The molecule has 1 N–H and O–H groups in total. The fourth-order valence-corrected chi connectivity index (χ4v) is 2.11. The van der Waals surface area contributed by atoms with Gasteiger partial charge in [0.2, 0.25) is 5.91 Å². The minimum atomic E-state index is -0.148. The van der Waals surface area contributed by atoms with Gasteiger partial charge in [0.25, 0.3) is 0 Å². The number of aromatic nitrogens is 3. The van der Waals surface area contributed by atoms with Crippen LogP contribution in [0.4, 0.5) is 5.82 Å². The van der Waals surface area contributed by atoms with E-state index in [2.05, 4.69) is 15.4 Å². The molecular formula is C15H13ClN4O2. The van der Waals surface area contributed by atoms with E-state index in [1.54, 1.807) is 41.5 Å².